The Labute approximate surface area is 194 Å². The standard InChI is InChI=1S/C23H33F2N3O4S/c24-20-1-2-21(25)22(17-20)33(30,31)28-11-6-19(7-12-28)23(29)27-9-4-18(5-10-27)3-8-26-13-15-32-16-14-26/h1-2,17-19H,3-16H2. The molecule has 10 heteroatoms. The van der Waals surface area contributed by atoms with Crippen LogP contribution in [-0.4, -0.2) is 87.5 Å². The molecule has 1 aromatic carbocycles. The van der Waals surface area contributed by atoms with Crippen LogP contribution in [0.1, 0.15) is 32.1 Å². The molecule has 33 heavy (non-hydrogen) atoms. The Kier molecular flexibility index (Phi) is 7.99. The number of benzene rings is 1. The van der Waals surface area contributed by atoms with Crippen LogP contribution in [0.15, 0.2) is 23.1 Å². The molecule has 3 aliphatic rings. The van der Waals surface area contributed by atoms with E-state index in [-0.39, 0.29) is 24.9 Å². The number of hydrogen-bond acceptors (Lipinski definition) is 5. The summed E-state index contributed by atoms with van der Waals surface area (Å²) in [6, 6.07) is 2.43. The van der Waals surface area contributed by atoms with Crippen molar-refractivity contribution in [1.82, 2.24) is 14.1 Å². The van der Waals surface area contributed by atoms with Crippen LogP contribution in [0.4, 0.5) is 8.78 Å². The van der Waals surface area contributed by atoms with Gasteiger partial charge in [-0.25, -0.2) is 17.2 Å². The minimum atomic E-state index is -4.13. The molecule has 0 aliphatic carbocycles. The first-order chi connectivity index (χ1) is 15.8. The molecular formula is C23H33F2N3O4S. The number of sulfonamides is 1. The predicted molar refractivity (Wildman–Crippen MR) is 119 cm³/mol. The Morgan fingerprint density at radius 3 is 2.30 bits per heavy atom. The summed E-state index contributed by atoms with van der Waals surface area (Å²) in [4.78, 5) is 16.7. The van der Waals surface area contributed by atoms with Gasteiger partial charge in [0.15, 0.2) is 0 Å². The molecule has 0 N–H and O–H groups in total. The minimum Gasteiger partial charge on any atom is -0.379 e. The highest BCUT2D eigenvalue weighted by atomic mass is 32.2. The van der Waals surface area contributed by atoms with Crippen molar-refractivity contribution in [2.45, 2.75) is 37.0 Å². The number of rotatable bonds is 6. The molecule has 3 heterocycles. The number of carbonyl (C=O) groups is 1. The maximum atomic E-state index is 14.0. The largest absolute Gasteiger partial charge is 0.379 e. The van der Waals surface area contributed by atoms with Gasteiger partial charge in [0.25, 0.3) is 0 Å². The molecule has 0 unspecified atom stereocenters. The van der Waals surface area contributed by atoms with Gasteiger partial charge in [-0.15, -0.1) is 0 Å². The van der Waals surface area contributed by atoms with Crippen LogP contribution in [0.5, 0.6) is 0 Å². The molecular weight excluding hydrogens is 452 g/mol. The first kappa shape index (κ1) is 24.5. The predicted octanol–water partition coefficient (Wildman–Crippen LogP) is 2.33. The molecule has 3 fully saturated rings. The minimum absolute atomic E-state index is 0.0932. The van der Waals surface area contributed by atoms with Crippen molar-refractivity contribution < 1.29 is 26.7 Å². The van der Waals surface area contributed by atoms with E-state index in [0.717, 1.165) is 81.6 Å². The molecule has 0 atom stereocenters. The zero-order chi connectivity index (χ0) is 23.4. The number of morpholine rings is 1. The molecule has 184 valence electrons. The van der Waals surface area contributed by atoms with Crippen molar-refractivity contribution in [2.24, 2.45) is 11.8 Å². The summed E-state index contributed by atoms with van der Waals surface area (Å²) < 4.78 is 59.6. The molecule has 7 nitrogen and oxygen atoms in total. The van der Waals surface area contributed by atoms with E-state index < -0.39 is 26.6 Å². The molecule has 0 saturated carbocycles. The van der Waals surface area contributed by atoms with Crippen molar-refractivity contribution in [3.8, 4) is 0 Å². The quantitative estimate of drug-likeness (QED) is 0.619. The average Bonchev–Trinajstić information content (AvgIpc) is 2.85. The number of ether oxygens (including phenoxy) is 1. The Balaban J connectivity index is 1.24. The van der Waals surface area contributed by atoms with Crippen LogP contribution in [0.3, 0.4) is 0 Å². The van der Waals surface area contributed by atoms with Gasteiger partial charge in [0.1, 0.15) is 16.5 Å². The Hall–Kier alpha value is -1.62. The molecule has 0 spiro atoms. The summed E-state index contributed by atoms with van der Waals surface area (Å²) in [5.41, 5.74) is 0. The van der Waals surface area contributed by atoms with Gasteiger partial charge in [-0.1, -0.05) is 0 Å². The van der Waals surface area contributed by atoms with Gasteiger partial charge in [-0.2, -0.15) is 4.31 Å². The fourth-order valence-corrected chi connectivity index (χ4v) is 6.59. The zero-order valence-electron chi connectivity index (χ0n) is 18.9. The Morgan fingerprint density at radius 1 is 0.970 bits per heavy atom. The average molecular weight is 486 g/mol. The maximum absolute atomic E-state index is 14.0. The second-order valence-corrected chi connectivity index (χ2v) is 11.2. The second-order valence-electron chi connectivity index (χ2n) is 9.26. The van der Waals surface area contributed by atoms with E-state index in [1.54, 1.807) is 0 Å². The SMILES string of the molecule is O=C(C1CCN(S(=O)(=O)c2cc(F)ccc2F)CC1)N1CCC(CCN2CCOCC2)CC1. The number of hydrogen-bond donors (Lipinski definition) is 0. The molecule has 4 rings (SSSR count). The maximum Gasteiger partial charge on any atom is 0.246 e. The zero-order valence-corrected chi connectivity index (χ0v) is 19.7. The van der Waals surface area contributed by atoms with Crippen molar-refractivity contribution in [2.75, 3.05) is 59.0 Å². The van der Waals surface area contributed by atoms with Crippen LogP contribution in [0.2, 0.25) is 0 Å². The first-order valence-corrected chi connectivity index (χ1v) is 13.3. The first-order valence-electron chi connectivity index (χ1n) is 11.9. The number of piperidine rings is 2. The number of amides is 1. The van der Waals surface area contributed by atoms with E-state index in [2.05, 4.69) is 4.90 Å². The molecule has 0 radical (unpaired) electrons. The van der Waals surface area contributed by atoms with E-state index in [0.29, 0.717) is 24.8 Å². The summed E-state index contributed by atoms with van der Waals surface area (Å²) in [5.74, 6) is -1.26. The lowest BCUT2D eigenvalue weighted by Crippen LogP contribution is -2.47. The number of likely N-dealkylation sites (tertiary alicyclic amines) is 1. The monoisotopic (exact) mass is 485 g/mol. The summed E-state index contributed by atoms with van der Waals surface area (Å²) in [6.45, 7) is 6.46. The van der Waals surface area contributed by atoms with Gasteiger partial charge in [-0.3, -0.25) is 9.69 Å². The lowest BCUT2D eigenvalue weighted by molar-refractivity contribution is -0.138. The second kappa shape index (κ2) is 10.8. The van der Waals surface area contributed by atoms with Crippen LogP contribution in [-0.2, 0) is 19.6 Å². The van der Waals surface area contributed by atoms with Crippen molar-refractivity contribution in [3.05, 3.63) is 29.8 Å². The summed E-state index contributed by atoms with van der Waals surface area (Å²) in [7, 11) is -4.13. The fraction of sp³-hybridized carbons (Fsp3) is 0.696. The molecule has 1 aromatic rings. The fourth-order valence-electron chi connectivity index (χ4n) is 5.05. The van der Waals surface area contributed by atoms with Crippen molar-refractivity contribution in [1.29, 1.82) is 0 Å². The third kappa shape index (κ3) is 5.90. The number of halogens is 2. The Morgan fingerprint density at radius 2 is 1.64 bits per heavy atom. The Bertz CT molecular complexity index is 924. The van der Waals surface area contributed by atoms with E-state index in [4.69, 9.17) is 4.74 Å². The summed E-state index contributed by atoms with van der Waals surface area (Å²) in [6.07, 6.45) is 3.94. The smallest absolute Gasteiger partial charge is 0.246 e. The third-order valence-corrected chi connectivity index (χ3v) is 9.11. The summed E-state index contributed by atoms with van der Waals surface area (Å²) in [5, 5.41) is 0. The molecule has 0 bridgehead atoms. The van der Waals surface area contributed by atoms with Gasteiger partial charge < -0.3 is 9.64 Å². The van der Waals surface area contributed by atoms with E-state index in [1.165, 1.54) is 0 Å². The van der Waals surface area contributed by atoms with Gasteiger partial charge in [0.2, 0.25) is 15.9 Å². The lowest BCUT2D eigenvalue weighted by atomic mass is 9.91. The highest BCUT2D eigenvalue weighted by molar-refractivity contribution is 7.89. The molecule has 3 saturated heterocycles. The van der Waals surface area contributed by atoms with Crippen LogP contribution in [0, 0.1) is 23.5 Å². The van der Waals surface area contributed by atoms with Crippen molar-refractivity contribution in [3.63, 3.8) is 0 Å². The number of nitrogens with zero attached hydrogens (tertiary/aromatic N) is 3. The highest BCUT2D eigenvalue weighted by Crippen LogP contribution is 2.29. The molecule has 3 aliphatic heterocycles. The van der Waals surface area contributed by atoms with Crippen molar-refractivity contribution >= 4 is 15.9 Å². The highest BCUT2D eigenvalue weighted by Gasteiger charge is 2.36. The van der Waals surface area contributed by atoms with E-state index in [9.17, 15) is 22.0 Å². The van der Waals surface area contributed by atoms with E-state index in [1.807, 2.05) is 4.90 Å². The summed E-state index contributed by atoms with van der Waals surface area (Å²) >= 11 is 0. The van der Waals surface area contributed by atoms with Gasteiger partial charge >= 0.3 is 0 Å². The van der Waals surface area contributed by atoms with Gasteiger partial charge in [0.05, 0.1) is 13.2 Å². The van der Waals surface area contributed by atoms with E-state index >= 15 is 0 Å². The van der Waals surface area contributed by atoms with Crippen LogP contribution in [0.25, 0.3) is 0 Å². The van der Waals surface area contributed by atoms with Crippen LogP contribution >= 0.6 is 0 Å². The van der Waals surface area contributed by atoms with Crippen LogP contribution < -0.4 is 0 Å². The topological polar surface area (TPSA) is 70.2 Å². The molecule has 1 amide bonds. The number of carbonyl (C=O) groups excluding carboxylic acids is 1. The normalized spacial score (nSPS) is 22.5. The third-order valence-electron chi connectivity index (χ3n) is 7.20. The lowest BCUT2D eigenvalue weighted by Gasteiger charge is -2.37. The molecule has 0 aromatic heterocycles. The van der Waals surface area contributed by atoms with Gasteiger partial charge in [-0.05, 0) is 62.8 Å². The van der Waals surface area contributed by atoms with Gasteiger partial charge in [0, 0.05) is 45.2 Å².